The van der Waals surface area contributed by atoms with Crippen LogP contribution >= 0.6 is 11.8 Å². The molecule has 0 spiro atoms. The summed E-state index contributed by atoms with van der Waals surface area (Å²) < 4.78 is 0. The average Bonchev–Trinajstić information content (AvgIpc) is 2.55. The van der Waals surface area contributed by atoms with E-state index in [0.29, 0.717) is 17.7 Å². The molecule has 1 heterocycles. The van der Waals surface area contributed by atoms with E-state index >= 15 is 0 Å². The van der Waals surface area contributed by atoms with E-state index in [9.17, 15) is 19.5 Å². The van der Waals surface area contributed by atoms with E-state index in [-0.39, 0.29) is 28.3 Å². The van der Waals surface area contributed by atoms with Crippen molar-refractivity contribution in [2.24, 2.45) is 0 Å². The second kappa shape index (κ2) is 7.98. The van der Waals surface area contributed by atoms with Crippen molar-refractivity contribution >= 4 is 29.1 Å². The van der Waals surface area contributed by atoms with E-state index in [1.807, 2.05) is 0 Å². The first-order chi connectivity index (χ1) is 11.8. The van der Waals surface area contributed by atoms with Crippen molar-refractivity contribution in [3.63, 3.8) is 0 Å². The van der Waals surface area contributed by atoms with Crippen LogP contribution in [0.25, 0.3) is 0 Å². The minimum absolute atomic E-state index is 0.0489. The highest BCUT2D eigenvalue weighted by molar-refractivity contribution is 8.00. The van der Waals surface area contributed by atoms with Crippen LogP contribution in [0, 0.1) is 0 Å². The number of benzene rings is 1. The number of aromatic hydroxyl groups is 1. The number of ketones is 1. The smallest absolute Gasteiger partial charge is 0.258 e. The summed E-state index contributed by atoms with van der Waals surface area (Å²) in [7, 11) is 0. The van der Waals surface area contributed by atoms with Gasteiger partial charge >= 0.3 is 0 Å². The van der Waals surface area contributed by atoms with Crippen LogP contribution in [-0.4, -0.2) is 32.0 Å². The maximum absolute atomic E-state index is 12.2. The van der Waals surface area contributed by atoms with Gasteiger partial charge in [-0.05, 0) is 44.5 Å². The van der Waals surface area contributed by atoms with Gasteiger partial charge in [0.2, 0.25) is 11.8 Å². The highest BCUT2D eigenvalue weighted by Crippen LogP contribution is 2.22. The molecule has 0 aliphatic carbocycles. The number of aromatic nitrogens is 2. The standard InChI is InChI=1S/C17H19N3O4S/c1-4-13-15(23)19-17(20-16(13)24)25-10(3)14(22)18-12-7-5-11(6-8-12)9(2)21/h5-8,10H,4H2,1-3H3,(H,18,22)(H2,19,20,23,24)/t10-/m0/s1. The number of aromatic amines is 1. The van der Waals surface area contributed by atoms with Gasteiger partial charge in [0.05, 0.1) is 10.8 Å². The predicted molar refractivity (Wildman–Crippen MR) is 96.3 cm³/mol. The molecule has 0 fully saturated rings. The summed E-state index contributed by atoms with van der Waals surface area (Å²) in [5, 5.41) is 12.1. The first kappa shape index (κ1) is 18.7. The number of Topliss-reactive ketones (excluding diaryl/α,β-unsaturated/α-hetero) is 1. The fourth-order valence-corrected chi connectivity index (χ4v) is 2.88. The number of hydrogen-bond acceptors (Lipinski definition) is 6. The van der Waals surface area contributed by atoms with Gasteiger partial charge in [-0.1, -0.05) is 18.7 Å². The molecule has 0 aliphatic rings. The summed E-state index contributed by atoms with van der Waals surface area (Å²) in [5.74, 6) is -0.657. The molecule has 25 heavy (non-hydrogen) atoms. The molecule has 132 valence electrons. The van der Waals surface area contributed by atoms with Crippen LogP contribution in [0.15, 0.2) is 34.2 Å². The molecular weight excluding hydrogens is 342 g/mol. The number of nitrogens with zero attached hydrogens (tertiary/aromatic N) is 1. The molecule has 7 nitrogen and oxygen atoms in total. The lowest BCUT2D eigenvalue weighted by Crippen LogP contribution is -2.23. The highest BCUT2D eigenvalue weighted by Gasteiger charge is 2.18. The minimum Gasteiger partial charge on any atom is -0.493 e. The Morgan fingerprint density at radius 1 is 1.32 bits per heavy atom. The van der Waals surface area contributed by atoms with Gasteiger partial charge in [0.25, 0.3) is 5.56 Å². The zero-order valence-corrected chi connectivity index (χ0v) is 14.9. The number of amides is 1. The lowest BCUT2D eigenvalue weighted by molar-refractivity contribution is -0.115. The Morgan fingerprint density at radius 2 is 1.96 bits per heavy atom. The van der Waals surface area contributed by atoms with E-state index in [0.717, 1.165) is 11.8 Å². The Labute approximate surface area is 148 Å². The molecule has 0 bridgehead atoms. The second-order valence-electron chi connectivity index (χ2n) is 5.41. The SMILES string of the molecule is CCc1c(O)nc(S[C@@H](C)C(=O)Nc2ccc(C(C)=O)cc2)[nH]c1=O. The molecule has 8 heteroatoms. The quantitative estimate of drug-likeness (QED) is 0.414. The van der Waals surface area contributed by atoms with Crippen LogP contribution in [0.4, 0.5) is 5.69 Å². The monoisotopic (exact) mass is 361 g/mol. The lowest BCUT2D eigenvalue weighted by atomic mass is 10.1. The van der Waals surface area contributed by atoms with E-state index in [1.54, 1.807) is 38.1 Å². The molecule has 0 radical (unpaired) electrons. The van der Waals surface area contributed by atoms with Gasteiger partial charge in [-0.3, -0.25) is 14.4 Å². The molecule has 0 saturated carbocycles. The molecule has 1 atom stereocenters. The average molecular weight is 361 g/mol. The van der Waals surface area contributed by atoms with Crippen LogP contribution in [-0.2, 0) is 11.2 Å². The Balaban J connectivity index is 2.05. The summed E-state index contributed by atoms with van der Waals surface area (Å²) in [6, 6.07) is 6.56. The van der Waals surface area contributed by atoms with Crippen LogP contribution in [0.3, 0.4) is 0 Å². The summed E-state index contributed by atoms with van der Waals surface area (Å²) >= 11 is 1.03. The highest BCUT2D eigenvalue weighted by atomic mass is 32.2. The van der Waals surface area contributed by atoms with Crippen LogP contribution in [0.5, 0.6) is 5.88 Å². The number of carbonyl (C=O) groups excluding carboxylic acids is 2. The third-order valence-electron chi connectivity index (χ3n) is 3.54. The molecule has 1 aromatic carbocycles. The number of H-pyrrole nitrogens is 1. The van der Waals surface area contributed by atoms with Crippen LogP contribution in [0.1, 0.15) is 36.7 Å². The van der Waals surface area contributed by atoms with E-state index < -0.39 is 10.8 Å². The van der Waals surface area contributed by atoms with Gasteiger partial charge in [0, 0.05) is 11.3 Å². The number of hydrogen-bond donors (Lipinski definition) is 3. The van der Waals surface area contributed by atoms with Gasteiger partial charge in [0.1, 0.15) is 0 Å². The number of rotatable bonds is 6. The molecule has 0 aliphatic heterocycles. The molecule has 0 saturated heterocycles. The van der Waals surface area contributed by atoms with Crippen molar-refractivity contribution in [1.82, 2.24) is 9.97 Å². The number of nitrogens with one attached hydrogen (secondary N) is 2. The van der Waals surface area contributed by atoms with E-state index in [1.165, 1.54) is 6.92 Å². The fourth-order valence-electron chi connectivity index (χ4n) is 2.09. The Morgan fingerprint density at radius 3 is 2.48 bits per heavy atom. The largest absolute Gasteiger partial charge is 0.493 e. The summed E-state index contributed by atoms with van der Waals surface area (Å²) in [4.78, 5) is 41.8. The maximum atomic E-state index is 12.2. The Hall–Kier alpha value is -2.61. The van der Waals surface area contributed by atoms with Gasteiger partial charge < -0.3 is 15.4 Å². The molecule has 1 amide bonds. The van der Waals surface area contributed by atoms with Gasteiger partial charge in [-0.25, -0.2) is 0 Å². The first-order valence-electron chi connectivity index (χ1n) is 7.72. The minimum atomic E-state index is -0.553. The molecule has 2 rings (SSSR count). The third-order valence-corrected chi connectivity index (χ3v) is 4.53. The van der Waals surface area contributed by atoms with Crippen LogP contribution < -0.4 is 10.9 Å². The van der Waals surface area contributed by atoms with Crippen molar-refractivity contribution in [2.45, 2.75) is 37.6 Å². The maximum Gasteiger partial charge on any atom is 0.258 e. The zero-order valence-electron chi connectivity index (χ0n) is 14.1. The molecule has 2 aromatic rings. The Kier molecular flexibility index (Phi) is 5.97. The molecule has 0 unspecified atom stereocenters. The van der Waals surface area contributed by atoms with Crippen molar-refractivity contribution in [3.05, 3.63) is 45.7 Å². The first-order valence-corrected chi connectivity index (χ1v) is 8.60. The number of thioether (sulfide) groups is 1. The second-order valence-corrected chi connectivity index (χ2v) is 6.74. The summed E-state index contributed by atoms with van der Waals surface area (Å²) in [6.07, 6.45) is 0.366. The zero-order chi connectivity index (χ0) is 18.6. The summed E-state index contributed by atoms with van der Waals surface area (Å²) in [5.41, 5.74) is 0.929. The third kappa shape index (κ3) is 4.69. The number of anilines is 1. The topological polar surface area (TPSA) is 112 Å². The van der Waals surface area contributed by atoms with Crippen LogP contribution in [0.2, 0.25) is 0 Å². The predicted octanol–water partition coefficient (Wildman–Crippen LogP) is 2.36. The number of carbonyl (C=O) groups is 2. The van der Waals surface area contributed by atoms with Gasteiger partial charge in [-0.15, -0.1) is 0 Å². The van der Waals surface area contributed by atoms with Gasteiger partial charge in [0.15, 0.2) is 10.9 Å². The molecule has 3 N–H and O–H groups in total. The summed E-state index contributed by atoms with van der Waals surface area (Å²) in [6.45, 7) is 4.88. The Bertz CT molecular complexity index is 846. The van der Waals surface area contributed by atoms with Crippen molar-refractivity contribution in [2.75, 3.05) is 5.32 Å². The molecule has 1 aromatic heterocycles. The van der Waals surface area contributed by atoms with E-state index in [2.05, 4.69) is 15.3 Å². The van der Waals surface area contributed by atoms with Crippen molar-refractivity contribution in [1.29, 1.82) is 0 Å². The van der Waals surface area contributed by atoms with Crippen molar-refractivity contribution in [3.8, 4) is 5.88 Å². The van der Waals surface area contributed by atoms with E-state index in [4.69, 9.17) is 0 Å². The normalized spacial score (nSPS) is 11.8. The molecular formula is C17H19N3O4S. The lowest BCUT2D eigenvalue weighted by Gasteiger charge is -2.12. The fraction of sp³-hybridized carbons (Fsp3) is 0.294. The van der Waals surface area contributed by atoms with Crippen molar-refractivity contribution < 1.29 is 14.7 Å². The van der Waals surface area contributed by atoms with Gasteiger partial charge in [-0.2, -0.15) is 4.98 Å².